The Balaban J connectivity index is 2.28. The molecule has 0 radical (unpaired) electrons. The van der Waals surface area contributed by atoms with E-state index >= 15 is 0 Å². The second-order valence-corrected chi connectivity index (χ2v) is 6.90. The second-order valence-electron chi connectivity index (χ2n) is 5.37. The molecule has 3 N–H and O–H groups in total. The number of carbonyl (C=O) groups is 1. The molecule has 1 aliphatic rings. The molecule has 0 saturated heterocycles. The van der Waals surface area contributed by atoms with Gasteiger partial charge in [0.1, 0.15) is 5.82 Å². The van der Waals surface area contributed by atoms with Crippen LogP contribution in [0.2, 0.25) is 0 Å². The molecule has 20 heavy (non-hydrogen) atoms. The Morgan fingerprint density at radius 2 is 2.00 bits per heavy atom. The summed E-state index contributed by atoms with van der Waals surface area (Å²) in [6.45, 7) is 3.39. The topological polar surface area (TPSA) is 89.3 Å². The quantitative estimate of drug-likeness (QED) is 0.882. The number of hydrogen-bond donors (Lipinski definition) is 2. The van der Waals surface area contributed by atoms with Crippen molar-refractivity contribution in [2.45, 2.75) is 37.6 Å². The third kappa shape index (κ3) is 2.99. The maximum atomic E-state index is 13.7. The molecule has 0 bridgehead atoms. The molecule has 1 aromatic carbocycles. The molecule has 0 spiro atoms. The van der Waals surface area contributed by atoms with Crippen molar-refractivity contribution in [3.05, 3.63) is 29.1 Å². The molecular formula is C13H17FN2O3S. The molecule has 0 atom stereocenters. The Morgan fingerprint density at radius 1 is 1.40 bits per heavy atom. The molecule has 0 heterocycles. The van der Waals surface area contributed by atoms with Gasteiger partial charge in [-0.3, -0.25) is 4.79 Å². The van der Waals surface area contributed by atoms with E-state index < -0.39 is 21.7 Å². The summed E-state index contributed by atoms with van der Waals surface area (Å²) in [5.74, 6) is -0.676. The molecule has 2 rings (SSSR count). The van der Waals surface area contributed by atoms with E-state index in [1.165, 1.54) is 6.92 Å². The van der Waals surface area contributed by atoms with E-state index in [9.17, 15) is 17.6 Å². The molecule has 1 amide bonds. The Hall–Kier alpha value is -1.47. The number of sulfonamides is 1. The van der Waals surface area contributed by atoms with Crippen molar-refractivity contribution >= 4 is 15.9 Å². The first-order valence-electron chi connectivity index (χ1n) is 6.32. The minimum Gasteiger partial charge on any atom is -0.349 e. The molecule has 1 saturated carbocycles. The van der Waals surface area contributed by atoms with Crippen molar-refractivity contribution < 1.29 is 17.6 Å². The predicted octanol–water partition coefficient (Wildman–Crippen LogP) is 1.31. The number of primary sulfonamides is 1. The average Bonchev–Trinajstić information content (AvgIpc) is 2.28. The number of halogens is 1. The number of benzene rings is 1. The Labute approximate surface area is 117 Å². The minimum absolute atomic E-state index is 0.0309. The lowest BCUT2D eigenvalue weighted by Crippen LogP contribution is -2.43. The molecule has 1 fully saturated rings. The molecule has 1 aromatic rings. The average molecular weight is 300 g/mol. The highest BCUT2D eigenvalue weighted by Crippen LogP contribution is 2.27. The zero-order valence-electron chi connectivity index (χ0n) is 11.3. The molecule has 1 aliphatic carbocycles. The summed E-state index contributed by atoms with van der Waals surface area (Å²) in [6, 6.07) is 2.21. The van der Waals surface area contributed by atoms with Crippen molar-refractivity contribution in [1.29, 1.82) is 0 Å². The van der Waals surface area contributed by atoms with Crippen LogP contribution in [0, 0.1) is 18.7 Å². The Morgan fingerprint density at radius 3 is 2.50 bits per heavy atom. The molecule has 0 aromatic heterocycles. The molecule has 5 nitrogen and oxygen atoms in total. The maximum Gasteiger partial charge on any atom is 0.251 e. The standard InChI is InChI=1S/C13H17FN2O3S/c1-7-3-10(4-7)16-13(17)9-5-11(14)8(2)12(6-9)20(15,18)19/h5-7,10H,3-4H2,1-2H3,(H,16,17)(H2,15,18,19). The second kappa shape index (κ2) is 5.14. The highest BCUT2D eigenvalue weighted by Gasteiger charge is 2.27. The SMILES string of the molecule is Cc1c(F)cc(C(=O)NC2CC(C)C2)cc1S(N)(=O)=O. The van der Waals surface area contributed by atoms with Gasteiger partial charge in [0.25, 0.3) is 5.91 Å². The molecule has 7 heteroatoms. The maximum absolute atomic E-state index is 13.7. The van der Waals surface area contributed by atoms with E-state index in [-0.39, 0.29) is 22.1 Å². The highest BCUT2D eigenvalue weighted by molar-refractivity contribution is 7.89. The highest BCUT2D eigenvalue weighted by atomic mass is 32.2. The fourth-order valence-corrected chi connectivity index (χ4v) is 3.18. The predicted molar refractivity (Wildman–Crippen MR) is 72.2 cm³/mol. The van der Waals surface area contributed by atoms with Crippen LogP contribution in [0.25, 0.3) is 0 Å². The monoisotopic (exact) mass is 300 g/mol. The van der Waals surface area contributed by atoms with Gasteiger partial charge in [-0.2, -0.15) is 0 Å². The third-order valence-electron chi connectivity index (χ3n) is 3.57. The largest absolute Gasteiger partial charge is 0.349 e. The lowest BCUT2D eigenvalue weighted by atomic mass is 9.82. The van der Waals surface area contributed by atoms with E-state index in [0.717, 1.165) is 25.0 Å². The van der Waals surface area contributed by atoms with Crippen molar-refractivity contribution in [2.75, 3.05) is 0 Å². The van der Waals surface area contributed by atoms with E-state index in [1.54, 1.807) is 0 Å². The van der Waals surface area contributed by atoms with Crippen molar-refractivity contribution in [3.8, 4) is 0 Å². The fourth-order valence-electron chi connectivity index (χ4n) is 2.37. The van der Waals surface area contributed by atoms with Crippen LogP contribution in [-0.4, -0.2) is 20.4 Å². The summed E-state index contributed by atoms with van der Waals surface area (Å²) in [5.41, 5.74) is -0.113. The Bertz CT molecular complexity index is 652. The van der Waals surface area contributed by atoms with Gasteiger partial charge in [-0.15, -0.1) is 0 Å². The van der Waals surface area contributed by atoms with Crippen molar-refractivity contribution in [3.63, 3.8) is 0 Å². The number of hydrogen-bond acceptors (Lipinski definition) is 3. The third-order valence-corrected chi connectivity index (χ3v) is 4.61. The summed E-state index contributed by atoms with van der Waals surface area (Å²) in [5, 5.41) is 7.77. The summed E-state index contributed by atoms with van der Waals surface area (Å²) >= 11 is 0. The molecule has 0 aliphatic heterocycles. The zero-order valence-corrected chi connectivity index (χ0v) is 12.1. The van der Waals surface area contributed by atoms with Gasteiger partial charge < -0.3 is 5.32 Å². The summed E-state index contributed by atoms with van der Waals surface area (Å²) in [6.07, 6.45) is 1.75. The summed E-state index contributed by atoms with van der Waals surface area (Å²) in [4.78, 5) is 11.6. The van der Waals surface area contributed by atoms with Crippen LogP contribution in [0.3, 0.4) is 0 Å². The molecule has 110 valence electrons. The van der Waals surface area contributed by atoms with Gasteiger partial charge in [-0.25, -0.2) is 17.9 Å². The summed E-state index contributed by atoms with van der Waals surface area (Å²) in [7, 11) is -4.06. The summed E-state index contributed by atoms with van der Waals surface area (Å²) < 4.78 is 36.5. The van der Waals surface area contributed by atoms with Crippen LogP contribution in [-0.2, 0) is 10.0 Å². The van der Waals surface area contributed by atoms with E-state index in [0.29, 0.717) is 5.92 Å². The lowest BCUT2D eigenvalue weighted by molar-refractivity contribution is 0.0895. The normalized spacial score (nSPS) is 22.2. The first-order chi connectivity index (χ1) is 9.18. The number of nitrogens with two attached hydrogens (primary N) is 1. The number of nitrogens with one attached hydrogen (secondary N) is 1. The molecule has 0 unspecified atom stereocenters. The van der Waals surface area contributed by atoms with Crippen LogP contribution in [0.4, 0.5) is 4.39 Å². The number of rotatable bonds is 3. The van der Waals surface area contributed by atoms with Gasteiger partial charge in [0.05, 0.1) is 4.90 Å². The number of amides is 1. The van der Waals surface area contributed by atoms with E-state index in [2.05, 4.69) is 12.2 Å². The lowest BCUT2D eigenvalue weighted by Gasteiger charge is -2.33. The zero-order chi connectivity index (χ0) is 15.1. The van der Waals surface area contributed by atoms with Crippen LogP contribution in [0.5, 0.6) is 0 Å². The van der Waals surface area contributed by atoms with Crippen molar-refractivity contribution in [2.24, 2.45) is 11.1 Å². The van der Waals surface area contributed by atoms with Gasteiger partial charge in [0.15, 0.2) is 0 Å². The van der Waals surface area contributed by atoms with Gasteiger partial charge in [-0.1, -0.05) is 6.92 Å². The van der Waals surface area contributed by atoms with Gasteiger partial charge in [0, 0.05) is 17.2 Å². The number of carbonyl (C=O) groups excluding carboxylic acids is 1. The Kier molecular flexibility index (Phi) is 3.84. The fraction of sp³-hybridized carbons (Fsp3) is 0.462. The van der Waals surface area contributed by atoms with E-state index in [4.69, 9.17) is 5.14 Å². The van der Waals surface area contributed by atoms with Gasteiger partial charge in [-0.05, 0) is 37.8 Å². The van der Waals surface area contributed by atoms with Crippen LogP contribution in [0.15, 0.2) is 17.0 Å². The first-order valence-corrected chi connectivity index (χ1v) is 7.87. The minimum atomic E-state index is -4.06. The van der Waals surface area contributed by atoms with Crippen molar-refractivity contribution in [1.82, 2.24) is 5.32 Å². The van der Waals surface area contributed by atoms with Crippen LogP contribution < -0.4 is 10.5 Å². The van der Waals surface area contributed by atoms with E-state index in [1.807, 2.05) is 0 Å². The first kappa shape index (κ1) is 14.9. The smallest absolute Gasteiger partial charge is 0.251 e. The van der Waals surface area contributed by atoms with Crippen LogP contribution >= 0.6 is 0 Å². The van der Waals surface area contributed by atoms with Crippen LogP contribution in [0.1, 0.15) is 35.7 Å². The molecular weight excluding hydrogens is 283 g/mol. The van der Waals surface area contributed by atoms with Gasteiger partial charge in [0.2, 0.25) is 10.0 Å². The van der Waals surface area contributed by atoms with Gasteiger partial charge >= 0.3 is 0 Å².